The normalized spacial score (nSPS) is 12.1. The van der Waals surface area contributed by atoms with E-state index in [4.69, 9.17) is 0 Å². The maximum atomic E-state index is 9.65. The second kappa shape index (κ2) is 7.71. The fraction of sp³-hybridized carbons (Fsp3) is 0.333. The van der Waals surface area contributed by atoms with Crippen molar-refractivity contribution in [2.75, 3.05) is 24.6 Å². The molecule has 0 aromatic heterocycles. The molecule has 1 N–H and O–H groups in total. The average molecular weight is 269 g/mol. The predicted octanol–water partition coefficient (Wildman–Crippen LogP) is 3.36. The second-order valence-electron chi connectivity index (χ2n) is 5.11. The Morgan fingerprint density at radius 3 is 2.10 bits per heavy atom. The molecule has 0 fully saturated rings. The SMILES string of the molecule is CCN(CC(CO)Cc1ccccc1)c1ccccc1. The molecule has 0 bridgehead atoms. The number of hydrogen-bond donors (Lipinski definition) is 1. The molecular weight excluding hydrogens is 246 g/mol. The zero-order valence-corrected chi connectivity index (χ0v) is 12.1. The van der Waals surface area contributed by atoms with E-state index < -0.39 is 0 Å². The van der Waals surface area contributed by atoms with Crippen LogP contribution < -0.4 is 4.90 Å². The van der Waals surface area contributed by atoms with Gasteiger partial charge in [0, 0.05) is 31.3 Å². The molecular formula is C18H23NO. The molecule has 2 heteroatoms. The van der Waals surface area contributed by atoms with Crippen molar-refractivity contribution in [1.29, 1.82) is 0 Å². The van der Waals surface area contributed by atoms with Crippen LogP contribution in [0.4, 0.5) is 5.69 Å². The Labute approximate surface area is 121 Å². The highest BCUT2D eigenvalue weighted by molar-refractivity contribution is 5.45. The largest absolute Gasteiger partial charge is 0.396 e. The van der Waals surface area contributed by atoms with E-state index in [1.807, 2.05) is 12.1 Å². The average Bonchev–Trinajstić information content (AvgIpc) is 2.53. The number of nitrogens with zero attached hydrogens (tertiary/aromatic N) is 1. The van der Waals surface area contributed by atoms with Crippen LogP contribution in [0, 0.1) is 5.92 Å². The first kappa shape index (κ1) is 14.6. The van der Waals surface area contributed by atoms with Crippen molar-refractivity contribution in [3.8, 4) is 0 Å². The number of aliphatic hydroxyl groups excluding tert-OH is 1. The van der Waals surface area contributed by atoms with E-state index in [1.54, 1.807) is 0 Å². The summed E-state index contributed by atoms with van der Waals surface area (Å²) < 4.78 is 0. The van der Waals surface area contributed by atoms with Gasteiger partial charge in [-0.2, -0.15) is 0 Å². The number of rotatable bonds is 7. The van der Waals surface area contributed by atoms with Gasteiger partial charge in [0.25, 0.3) is 0 Å². The van der Waals surface area contributed by atoms with Gasteiger partial charge in [0.05, 0.1) is 0 Å². The van der Waals surface area contributed by atoms with E-state index in [1.165, 1.54) is 11.3 Å². The van der Waals surface area contributed by atoms with E-state index in [0.29, 0.717) is 0 Å². The van der Waals surface area contributed by atoms with E-state index in [0.717, 1.165) is 19.5 Å². The zero-order valence-electron chi connectivity index (χ0n) is 12.1. The Hall–Kier alpha value is -1.80. The Balaban J connectivity index is 2.01. The van der Waals surface area contributed by atoms with Crippen LogP contribution in [0.1, 0.15) is 12.5 Å². The minimum absolute atomic E-state index is 0.220. The summed E-state index contributed by atoms with van der Waals surface area (Å²) in [7, 11) is 0. The van der Waals surface area contributed by atoms with Gasteiger partial charge in [-0.3, -0.25) is 0 Å². The van der Waals surface area contributed by atoms with Gasteiger partial charge in [0.2, 0.25) is 0 Å². The molecule has 0 aliphatic rings. The van der Waals surface area contributed by atoms with Gasteiger partial charge >= 0.3 is 0 Å². The first-order valence-electron chi connectivity index (χ1n) is 7.28. The van der Waals surface area contributed by atoms with Crippen LogP contribution in [0.5, 0.6) is 0 Å². The highest BCUT2D eigenvalue weighted by atomic mass is 16.3. The van der Waals surface area contributed by atoms with Crippen molar-refractivity contribution in [3.63, 3.8) is 0 Å². The van der Waals surface area contributed by atoms with Gasteiger partial charge in [-0.15, -0.1) is 0 Å². The van der Waals surface area contributed by atoms with Crippen molar-refractivity contribution < 1.29 is 5.11 Å². The first-order valence-corrected chi connectivity index (χ1v) is 7.28. The first-order chi connectivity index (χ1) is 9.83. The van der Waals surface area contributed by atoms with Crippen LogP contribution >= 0.6 is 0 Å². The Morgan fingerprint density at radius 2 is 1.55 bits per heavy atom. The third-order valence-corrected chi connectivity index (χ3v) is 3.61. The van der Waals surface area contributed by atoms with Crippen LogP contribution in [0.2, 0.25) is 0 Å². The Kier molecular flexibility index (Phi) is 5.63. The topological polar surface area (TPSA) is 23.5 Å². The molecule has 2 aromatic rings. The van der Waals surface area contributed by atoms with Gasteiger partial charge in [0.1, 0.15) is 0 Å². The monoisotopic (exact) mass is 269 g/mol. The molecule has 0 radical (unpaired) electrons. The van der Waals surface area contributed by atoms with Crippen molar-refractivity contribution in [2.45, 2.75) is 13.3 Å². The summed E-state index contributed by atoms with van der Waals surface area (Å²) in [6.45, 7) is 4.21. The molecule has 0 saturated carbocycles. The van der Waals surface area contributed by atoms with Crippen molar-refractivity contribution in [3.05, 3.63) is 66.2 Å². The molecule has 2 rings (SSSR count). The highest BCUT2D eigenvalue weighted by Crippen LogP contribution is 2.17. The standard InChI is InChI=1S/C18H23NO/c1-2-19(18-11-7-4-8-12-18)14-17(15-20)13-16-9-5-3-6-10-16/h3-12,17,20H,2,13-15H2,1H3. The van der Waals surface area contributed by atoms with E-state index >= 15 is 0 Å². The van der Waals surface area contributed by atoms with Gasteiger partial charge in [0.15, 0.2) is 0 Å². The molecule has 0 spiro atoms. The quantitative estimate of drug-likeness (QED) is 0.833. The molecule has 1 atom stereocenters. The minimum atomic E-state index is 0.220. The molecule has 0 aliphatic carbocycles. The molecule has 1 unspecified atom stereocenters. The molecule has 106 valence electrons. The molecule has 20 heavy (non-hydrogen) atoms. The lowest BCUT2D eigenvalue weighted by atomic mass is 9.99. The zero-order chi connectivity index (χ0) is 14.2. The van der Waals surface area contributed by atoms with Gasteiger partial charge in [-0.1, -0.05) is 48.5 Å². The summed E-state index contributed by atoms with van der Waals surface area (Å²) in [6.07, 6.45) is 0.917. The summed E-state index contributed by atoms with van der Waals surface area (Å²) in [4.78, 5) is 2.32. The maximum Gasteiger partial charge on any atom is 0.0479 e. The summed E-state index contributed by atoms with van der Waals surface area (Å²) >= 11 is 0. The summed E-state index contributed by atoms with van der Waals surface area (Å²) in [6, 6.07) is 20.8. The van der Waals surface area contributed by atoms with Crippen molar-refractivity contribution >= 4 is 5.69 Å². The lowest BCUT2D eigenvalue weighted by molar-refractivity contribution is 0.227. The van der Waals surface area contributed by atoms with Crippen LogP contribution in [0.25, 0.3) is 0 Å². The third kappa shape index (κ3) is 4.10. The lowest BCUT2D eigenvalue weighted by Crippen LogP contribution is -2.32. The van der Waals surface area contributed by atoms with E-state index in [9.17, 15) is 5.11 Å². The van der Waals surface area contributed by atoms with Crippen molar-refractivity contribution in [1.82, 2.24) is 0 Å². The number of benzene rings is 2. The minimum Gasteiger partial charge on any atom is -0.396 e. The predicted molar refractivity (Wildman–Crippen MR) is 85.1 cm³/mol. The van der Waals surface area contributed by atoms with Crippen LogP contribution in [-0.4, -0.2) is 24.8 Å². The van der Waals surface area contributed by atoms with Crippen LogP contribution in [0.15, 0.2) is 60.7 Å². The lowest BCUT2D eigenvalue weighted by Gasteiger charge is -2.27. The molecule has 0 saturated heterocycles. The fourth-order valence-electron chi connectivity index (χ4n) is 2.50. The molecule has 2 aromatic carbocycles. The van der Waals surface area contributed by atoms with Crippen LogP contribution in [0.3, 0.4) is 0 Å². The Bertz CT molecular complexity index is 483. The number of anilines is 1. The number of para-hydroxylation sites is 1. The molecule has 0 amide bonds. The third-order valence-electron chi connectivity index (χ3n) is 3.61. The van der Waals surface area contributed by atoms with Gasteiger partial charge in [-0.05, 0) is 31.0 Å². The summed E-state index contributed by atoms with van der Waals surface area (Å²) in [5.41, 5.74) is 2.51. The van der Waals surface area contributed by atoms with Gasteiger partial charge in [-0.25, -0.2) is 0 Å². The smallest absolute Gasteiger partial charge is 0.0479 e. The second-order valence-corrected chi connectivity index (χ2v) is 5.11. The molecule has 0 aliphatic heterocycles. The molecule has 2 nitrogen and oxygen atoms in total. The van der Waals surface area contributed by atoms with Crippen molar-refractivity contribution in [2.24, 2.45) is 5.92 Å². The number of aliphatic hydroxyl groups is 1. The van der Waals surface area contributed by atoms with E-state index in [2.05, 4.69) is 60.4 Å². The summed E-state index contributed by atoms with van der Waals surface area (Å²) in [5, 5.41) is 9.65. The molecule has 0 heterocycles. The summed E-state index contributed by atoms with van der Waals surface area (Å²) in [5.74, 6) is 0.262. The Morgan fingerprint density at radius 1 is 0.950 bits per heavy atom. The highest BCUT2D eigenvalue weighted by Gasteiger charge is 2.13. The van der Waals surface area contributed by atoms with E-state index in [-0.39, 0.29) is 12.5 Å². The van der Waals surface area contributed by atoms with Gasteiger partial charge < -0.3 is 10.0 Å². The fourth-order valence-corrected chi connectivity index (χ4v) is 2.50. The maximum absolute atomic E-state index is 9.65. The number of hydrogen-bond acceptors (Lipinski definition) is 2. The van der Waals surface area contributed by atoms with Crippen LogP contribution in [-0.2, 0) is 6.42 Å².